The molecule has 25 heavy (non-hydrogen) atoms. The molecule has 0 radical (unpaired) electrons. The molecule has 0 saturated heterocycles. The normalized spacial score (nSPS) is 9.76. The quantitative estimate of drug-likeness (QED) is 0.339. The molecule has 0 bridgehead atoms. The molecule has 0 saturated carbocycles. The molecule has 0 heterocycles. The van der Waals surface area contributed by atoms with E-state index in [1.165, 1.54) is 22.3 Å². The van der Waals surface area contributed by atoms with E-state index in [9.17, 15) is 0 Å². The third-order valence-electron chi connectivity index (χ3n) is 3.55. The molecule has 0 fully saturated rings. The van der Waals surface area contributed by atoms with Gasteiger partial charge in [0, 0.05) is 0 Å². The summed E-state index contributed by atoms with van der Waals surface area (Å²) in [6, 6.07) is 13.2. The zero-order chi connectivity index (χ0) is 17.6. The third-order valence-corrected chi connectivity index (χ3v) is 3.55. The van der Waals surface area contributed by atoms with Crippen LogP contribution in [0.25, 0.3) is 0 Å². The van der Waals surface area contributed by atoms with E-state index < -0.39 is 0 Å². The fraction of sp³-hybridized carbons (Fsp3) is 0.455. The van der Waals surface area contributed by atoms with Crippen LogP contribution in [0.3, 0.4) is 0 Å². The zero-order valence-corrected chi connectivity index (χ0v) is 20.2. The van der Waals surface area contributed by atoms with Crippen molar-refractivity contribution in [2.45, 2.75) is 66.2 Å². The minimum Gasteiger partial charge on any atom is -1.00 e. The van der Waals surface area contributed by atoms with Crippen molar-refractivity contribution >= 4 is 0 Å². The maximum absolute atomic E-state index is 3.00. The summed E-state index contributed by atoms with van der Waals surface area (Å²) >= 11 is 0. The Balaban J connectivity index is -0.000000145. The van der Waals surface area contributed by atoms with Crippen molar-refractivity contribution in [1.82, 2.24) is 0 Å². The van der Waals surface area contributed by atoms with Crippen LogP contribution in [-0.4, -0.2) is 0 Å². The molecule has 140 valence electrons. The first-order chi connectivity index (χ1) is 10.00. The summed E-state index contributed by atoms with van der Waals surface area (Å²) < 4.78 is 0. The number of hydrogen-bond donors (Lipinski definition) is 0. The van der Waals surface area contributed by atoms with Gasteiger partial charge in [-0.15, -0.1) is 13.2 Å². The third kappa shape index (κ3) is 12.7. The summed E-state index contributed by atoms with van der Waals surface area (Å²) in [4.78, 5) is 0. The molecule has 0 N–H and O–H groups in total. The van der Waals surface area contributed by atoms with E-state index in [1.54, 1.807) is 0 Å². The van der Waals surface area contributed by atoms with E-state index in [0.717, 1.165) is 0 Å². The van der Waals surface area contributed by atoms with Gasteiger partial charge in [-0.1, -0.05) is 66.2 Å². The van der Waals surface area contributed by atoms with Crippen molar-refractivity contribution in [1.29, 1.82) is 0 Å². The summed E-state index contributed by atoms with van der Waals surface area (Å²) in [5.74, 6) is 0. The van der Waals surface area contributed by atoms with Gasteiger partial charge in [-0.3, -0.25) is 0 Å². The van der Waals surface area contributed by atoms with E-state index in [2.05, 4.69) is 105 Å². The van der Waals surface area contributed by atoms with Gasteiger partial charge >= 0.3 is 21.7 Å². The first-order valence-corrected chi connectivity index (χ1v) is 7.98. The van der Waals surface area contributed by atoms with Crippen LogP contribution in [0.4, 0.5) is 0 Å². The topological polar surface area (TPSA) is 0 Å². The van der Waals surface area contributed by atoms with Gasteiger partial charge in [-0.05, 0) is 0 Å². The molecular weight excluding hydrogens is 383 g/mol. The van der Waals surface area contributed by atoms with Gasteiger partial charge in [0.05, 0.1) is 0 Å². The minimum atomic E-state index is 0. The van der Waals surface area contributed by atoms with Crippen molar-refractivity contribution < 1.29 is 46.5 Å². The summed E-state index contributed by atoms with van der Waals surface area (Å²) in [6.45, 7) is 23.7. The van der Waals surface area contributed by atoms with Crippen LogP contribution in [-0.2, 0) is 32.5 Å². The molecule has 2 aromatic carbocycles. The van der Waals surface area contributed by atoms with Crippen LogP contribution >= 0.6 is 0 Å². The fourth-order valence-corrected chi connectivity index (χ4v) is 2.06. The van der Waals surface area contributed by atoms with E-state index in [0.29, 0.717) is 10.8 Å². The Hall–Kier alpha value is -0.266. The average molecular weight is 417 g/mol. The number of hydrogen-bond acceptors (Lipinski definition) is 0. The Labute approximate surface area is 183 Å². The van der Waals surface area contributed by atoms with Crippen LogP contribution in [0, 0.1) is 13.8 Å². The van der Waals surface area contributed by atoms with Crippen LogP contribution in [0.2, 0.25) is 0 Å². The fourth-order valence-electron chi connectivity index (χ4n) is 2.06. The minimum absolute atomic E-state index is 0. The maximum atomic E-state index is 3.00. The molecule has 0 aromatic heterocycles. The molecule has 0 nitrogen and oxygen atoms in total. The second kappa shape index (κ2) is 13.9. The summed E-state index contributed by atoms with van der Waals surface area (Å²) in [5, 5.41) is 0. The Morgan fingerprint density at radius 1 is 0.680 bits per heavy atom. The number of aryl methyl sites for hydroxylation is 2. The first kappa shape index (κ1) is 32.4. The average Bonchev–Trinajstić information content (AvgIpc) is 3.00. The Morgan fingerprint density at radius 3 is 1.00 bits per heavy atom. The van der Waals surface area contributed by atoms with Crippen molar-refractivity contribution in [2.75, 3.05) is 0 Å². The molecule has 0 aliphatic heterocycles. The molecule has 0 aliphatic rings. The molecule has 0 spiro atoms. The predicted octanol–water partition coefficient (Wildman–Crippen LogP) is 0.831. The monoisotopic (exact) mass is 416 g/mol. The van der Waals surface area contributed by atoms with E-state index in [-0.39, 0.29) is 46.5 Å². The van der Waals surface area contributed by atoms with Gasteiger partial charge in [0.15, 0.2) is 0 Å². The van der Waals surface area contributed by atoms with Crippen molar-refractivity contribution in [3.8, 4) is 0 Å². The van der Waals surface area contributed by atoms with Crippen molar-refractivity contribution in [2.24, 2.45) is 0 Å². The molecule has 0 amide bonds. The maximum Gasteiger partial charge on any atom is 4.00 e. The van der Waals surface area contributed by atoms with E-state index in [4.69, 9.17) is 0 Å². The Bertz CT molecular complexity index is 501. The van der Waals surface area contributed by atoms with E-state index >= 15 is 0 Å². The van der Waals surface area contributed by atoms with Crippen LogP contribution < -0.4 is 24.8 Å². The predicted molar refractivity (Wildman–Crippen MR) is 102 cm³/mol. The van der Waals surface area contributed by atoms with Gasteiger partial charge in [0.25, 0.3) is 0 Å². The first-order valence-electron chi connectivity index (χ1n) is 7.98. The van der Waals surface area contributed by atoms with Gasteiger partial charge in [-0.25, -0.2) is 12.1 Å². The number of rotatable bonds is 0. The van der Waals surface area contributed by atoms with Gasteiger partial charge in [-0.2, -0.15) is 46.5 Å². The molecule has 0 atom stereocenters. The molecule has 0 unspecified atom stereocenters. The van der Waals surface area contributed by atoms with Crippen molar-refractivity contribution in [3.63, 3.8) is 0 Å². The summed E-state index contributed by atoms with van der Waals surface area (Å²) in [6.07, 6.45) is 0. The van der Waals surface area contributed by atoms with Crippen LogP contribution in [0.5, 0.6) is 0 Å². The second-order valence-corrected chi connectivity index (χ2v) is 7.85. The summed E-state index contributed by atoms with van der Waals surface area (Å²) in [7, 11) is 0. The van der Waals surface area contributed by atoms with Gasteiger partial charge in [0.1, 0.15) is 0 Å². The Kier molecular flexibility index (Phi) is 18.0. The standard InChI is InChI=1S/2C10H15.C2H4.2ClH.Ti/c2*1-8-5-6-9(7-8)10(2,3)4;1-2;;;/h2*5-7H,1-4H3;1-2H2;2*1H;/q2*-1;;;;+4/p-2. The smallest absolute Gasteiger partial charge is 1.00 e. The van der Waals surface area contributed by atoms with Gasteiger partial charge < -0.3 is 24.8 Å². The molecule has 2 aromatic rings. The van der Waals surface area contributed by atoms with Crippen LogP contribution in [0.15, 0.2) is 49.6 Å². The van der Waals surface area contributed by atoms with Crippen molar-refractivity contribution in [3.05, 3.63) is 71.8 Å². The Morgan fingerprint density at radius 2 is 0.920 bits per heavy atom. The SMILES string of the molecule is C=C.Cc1cc(C(C)(C)C)c[cH-]1.Cc1cc(C(C)(C)C)c[cH-]1.[Cl-].[Cl-].[Ti+4]. The largest absolute Gasteiger partial charge is 4.00 e. The zero-order valence-electron chi connectivity index (χ0n) is 17.1. The molecular formula is C22H34Cl2Ti. The molecule has 2 rings (SSSR count). The summed E-state index contributed by atoms with van der Waals surface area (Å²) in [5.41, 5.74) is 6.23. The van der Waals surface area contributed by atoms with Crippen LogP contribution in [0.1, 0.15) is 63.8 Å². The number of halogens is 2. The second-order valence-electron chi connectivity index (χ2n) is 7.85. The van der Waals surface area contributed by atoms with E-state index in [1.807, 2.05) is 0 Å². The molecule has 3 heteroatoms. The molecule has 0 aliphatic carbocycles. The van der Waals surface area contributed by atoms with Gasteiger partial charge in [0.2, 0.25) is 0 Å².